The van der Waals surface area contributed by atoms with Gasteiger partial charge in [0.2, 0.25) is 10.0 Å². The van der Waals surface area contributed by atoms with E-state index in [1.807, 2.05) is 4.72 Å². The monoisotopic (exact) mass is 376 g/mol. The van der Waals surface area contributed by atoms with Crippen LogP contribution < -0.4 is 10.5 Å². The van der Waals surface area contributed by atoms with Crippen LogP contribution in [0.5, 0.6) is 0 Å². The van der Waals surface area contributed by atoms with Crippen molar-refractivity contribution in [3.05, 3.63) is 28.2 Å². The molecule has 3 N–H and O–H groups in total. The number of rotatable bonds is 4. The van der Waals surface area contributed by atoms with Crippen LogP contribution in [-0.4, -0.2) is 19.2 Å². The molecule has 0 heterocycles. The van der Waals surface area contributed by atoms with E-state index in [1.165, 1.54) is 6.07 Å². The summed E-state index contributed by atoms with van der Waals surface area (Å²) in [5.41, 5.74) is 3.88. The topological polar surface area (TPSA) is 72.2 Å². The highest BCUT2D eigenvalue weighted by Crippen LogP contribution is 2.33. The molecule has 0 saturated carbocycles. The number of anilines is 1. The summed E-state index contributed by atoms with van der Waals surface area (Å²) in [4.78, 5) is -0.279. The maximum atomic E-state index is 12.6. The summed E-state index contributed by atoms with van der Waals surface area (Å²) in [6.45, 7) is 0. The molecule has 10 heteroatoms. The number of halogens is 4. The van der Waals surface area contributed by atoms with Crippen molar-refractivity contribution in [3.8, 4) is 0 Å². The van der Waals surface area contributed by atoms with Crippen LogP contribution in [0.2, 0.25) is 0 Å². The average Bonchev–Trinajstić information content (AvgIpc) is 2.11. The second-order valence-electron chi connectivity index (χ2n) is 3.55. The molecule has 0 unspecified atom stereocenters. The van der Waals surface area contributed by atoms with Gasteiger partial charge in [0.05, 0.1) is 16.2 Å². The van der Waals surface area contributed by atoms with Crippen LogP contribution in [0.4, 0.5) is 18.9 Å². The van der Waals surface area contributed by atoms with Gasteiger partial charge >= 0.3 is 6.18 Å². The lowest BCUT2D eigenvalue weighted by Gasteiger charge is -2.12. The third-order valence-electron chi connectivity index (χ3n) is 1.83. The van der Waals surface area contributed by atoms with Crippen LogP contribution in [0.3, 0.4) is 0 Å². The fourth-order valence-electron chi connectivity index (χ4n) is 1.22. The Morgan fingerprint density at radius 2 is 1.95 bits per heavy atom. The minimum absolute atomic E-state index is 0.0929. The molecule has 1 rings (SSSR count). The summed E-state index contributed by atoms with van der Waals surface area (Å²) in [6.07, 6.45) is -4.58. The van der Waals surface area contributed by atoms with E-state index in [-0.39, 0.29) is 15.1 Å². The first-order valence-corrected chi connectivity index (χ1v) is 7.51. The summed E-state index contributed by atoms with van der Waals surface area (Å²) in [5.74, 6) is -0.643. The van der Waals surface area contributed by atoms with Crippen LogP contribution in [0.1, 0.15) is 5.56 Å². The maximum Gasteiger partial charge on any atom is 0.416 e. The predicted molar refractivity (Wildman–Crippen MR) is 73.3 cm³/mol. The maximum absolute atomic E-state index is 12.6. The quantitative estimate of drug-likeness (QED) is 0.791. The first-order chi connectivity index (χ1) is 8.49. The summed E-state index contributed by atoms with van der Waals surface area (Å²) < 4.78 is 62.7. The van der Waals surface area contributed by atoms with E-state index in [1.54, 1.807) is 0 Å². The zero-order chi connectivity index (χ0) is 14.8. The minimum atomic E-state index is -4.58. The van der Waals surface area contributed by atoms with Crippen LogP contribution in [0, 0.1) is 0 Å². The Bertz CT molecular complexity index is 602. The number of benzene rings is 1. The number of thiocarbonyl (C=S) groups is 1. The Kier molecular flexibility index (Phi) is 4.80. The van der Waals surface area contributed by atoms with Crippen molar-refractivity contribution < 1.29 is 21.6 Å². The zero-order valence-corrected chi connectivity index (χ0v) is 12.4. The molecule has 106 valence electrons. The van der Waals surface area contributed by atoms with E-state index in [0.29, 0.717) is 6.07 Å². The van der Waals surface area contributed by atoms with Crippen LogP contribution >= 0.6 is 28.1 Å². The van der Waals surface area contributed by atoms with Gasteiger partial charge in [-0.3, -0.25) is 4.72 Å². The van der Waals surface area contributed by atoms with Crippen molar-refractivity contribution in [1.29, 1.82) is 0 Å². The summed E-state index contributed by atoms with van der Waals surface area (Å²) in [5, 5.41) is 0. The highest BCUT2D eigenvalue weighted by Gasteiger charge is 2.31. The van der Waals surface area contributed by atoms with Gasteiger partial charge in [-0.05, 0) is 18.2 Å². The average molecular weight is 377 g/mol. The first-order valence-electron chi connectivity index (χ1n) is 4.66. The lowest BCUT2D eigenvalue weighted by atomic mass is 10.2. The Morgan fingerprint density at radius 1 is 1.37 bits per heavy atom. The van der Waals surface area contributed by atoms with Crippen molar-refractivity contribution in [1.82, 2.24) is 0 Å². The largest absolute Gasteiger partial charge is 0.416 e. The van der Waals surface area contributed by atoms with Crippen molar-refractivity contribution in [3.63, 3.8) is 0 Å². The van der Waals surface area contributed by atoms with Crippen molar-refractivity contribution in [2.45, 2.75) is 6.18 Å². The smallest absolute Gasteiger partial charge is 0.392 e. The predicted octanol–water partition coefficient (Wildman–Crippen LogP) is 2.50. The van der Waals surface area contributed by atoms with Gasteiger partial charge in [0.15, 0.2) is 0 Å². The normalized spacial score (nSPS) is 12.2. The number of nitrogens with two attached hydrogens (primary N) is 1. The van der Waals surface area contributed by atoms with E-state index in [0.717, 1.165) is 6.07 Å². The van der Waals surface area contributed by atoms with E-state index in [9.17, 15) is 21.6 Å². The molecule has 4 nitrogen and oxygen atoms in total. The number of hydrogen-bond acceptors (Lipinski definition) is 3. The summed E-state index contributed by atoms with van der Waals surface area (Å²) in [6, 6.07) is 2.72. The van der Waals surface area contributed by atoms with Crippen molar-refractivity contribution in [2.24, 2.45) is 5.73 Å². The van der Waals surface area contributed by atoms with Gasteiger partial charge in [-0.2, -0.15) is 13.2 Å². The number of alkyl halides is 3. The van der Waals surface area contributed by atoms with Gasteiger partial charge in [0.1, 0.15) is 5.75 Å². The first kappa shape index (κ1) is 16.2. The van der Waals surface area contributed by atoms with Crippen LogP contribution in [0.15, 0.2) is 22.7 Å². The second kappa shape index (κ2) is 5.63. The molecule has 1 aromatic carbocycles. The van der Waals surface area contributed by atoms with E-state index < -0.39 is 27.5 Å². The summed E-state index contributed by atoms with van der Waals surface area (Å²) in [7, 11) is -3.92. The van der Waals surface area contributed by atoms with Crippen LogP contribution in [-0.2, 0) is 16.2 Å². The molecule has 1 aromatic rings. The molecule has 0 aliphatic rings. The van der Waals surface area contributed by atoms with Gasteiger partial charge < -0.3 is 5.73 Å². The number of hydrogen-bond donors (Lipinski definition) is 2. The summed E-state index contributed by atoms with van der Waals surface area (Å²) >= 11 is 7.32. The molecule has 0 bridgehead atoms. The molecular formula is C9H8BrF3N2O2S2. The molecular weight excluding hydrogens is 369 g/mol. The second-order valence-corrected chi connectivity index (χ2v) is 6.72. The van der Waals surface area contributed by atoms with E-state index >= 15 is 0 Å². The zero-order valence-electron chi connectivity index (χ0n) is 9.16. The molecule has 0 saturated heterocycles. The van der Waals surface area contributed by atoms with Gasteiger partial charge in [-0.25, -0.2) is 8.42 Å². The number of sulfonamides is 1. The molecule has 0 spiro atoms. The Balaban J connectivity index is 3.09. The molecule has 0 atom stereocenters. The van der Waals surface area contributed by atoms with E-state index in [4.69, 9.17) is 5.73 Å². The standard InChI is InChI=1S/C9H8BrF3N2O2S2/c10-6-1-5(9(11,12)13)2-7(3-6)15-19(16,17)4-8(14)18/h1-3,15H,4H2,(H2,14,18). The fraction of sp³-hybridized carbons (Fsp3) is 0.222. The number of nitrogens with one attached hydrogen (secondary N) is 1. The third-order valence-corrected chi connectivity index (χ3v) is 3.85. The highest BCUT2D eigenvalue weighted by atomic mass is 79.9. The Labute approximate surface area is 121 Å². The molecule has 0 fully saturated rings. The highest BCUT2D eigenvalue weighted by molar-refractivity contribution is 9.10. The fourth-order valence-corrected chi connectivity index (χ4v) is 3.10. The van der Waals surface area contributed by atoms with Crippen LogP contribution in [0.25, 0.3) is 0 Å². The van der Waals surface area contributed by atoms with E-state index in [2.05, 4.69) is 28.1 Å². The van der Waals surface area contributed by atoms with Gasteiger partial charge in [-0.15, -0.1) is 0 Å². The molecule has 0 aliphatic carbocycles. The minimum Gasteiger partial charge on any atom is -0.392 e. The molecule has 19 heavy (non-hydrogen) atoms. The lowest BCUT2D eigenvalue weighted by molar-refractivity contribution is -0.137. The molecule has 0 aromatic heterocycles. The van der Waals surface area contributed by atoms with Gasteiger partial charge in [0.25, 0.3) is 0 Å². The van der Waals surface area contributed by atoms with Crippen molar-refractivity contribution in [2.75, 3.05) is 10.5 Å². The van der Waals surface area contributed by atoms with Gasteiger partial charge in [0, 0.05) is 4.47 Å². The van der Waals surface area contributed by atoms with Gasteiger partial charge in [-0.1, -0.05) is 28.1 Å². The SMILES string of the molecule is NC(=S)CS(=O)(=O)Nc1cc(Br)cc(C(F)(F)F)c1. The Hall–Kier alpha value is -0.870. The Morgan fingerprint density at radius 3 is 2.42 bits per heavy atom. The molecule has 0 amide bonds. The van der Waals surface area contributed by atoms with Crippen molar-refractivity contribution >= 4 is 48.8 Å². The lowest BCUT2D eigenvalue weighted by Crippen LogP contribution is -2.26. The molecule has 0 radical (unpaired) electrons. The molecule has 0 aliphatic heterocycles. The third kappa shape index (κ3) is 5.33.